The van der Waals surface area contributed by atoms with E-state index in [-0.39, 0.29) is 38.6 Å². The summed E-state index contributed by atoms with van der Waals surface area (Å²) in [6.45, 7) is 0.00388. The summed E-state index contributed by atoms with van der Waals surface area (Å²) in [5.41, 5.74) is 0.817. The molecule has 1 aromatic rings. The number of aliphatic carboxylic acids is 1. The molecule has 0 radical (unpaired) electrons. The molecule has 1 aliphatic heterocycles. The lowest BCUT2D eigenvalue weighted by atomic mass is 10.2. The molecule has 1 aliphatic rings. The van der Waals surface area contributed by atoms with Crippen LogP contribution in [-0.4, -0.2) is 67.1 Å². The summed E-state index contributed by atoms with van der Waals surface area (Å²) < 4.78 is 33.4. The Morgan fingerprint density at radius 2 is 1.69 bits per heavy atom. The summed E-state index contributed by atoms with van der Waals surface area (Å²) >= 11 is 0. The molecule has 10 nitrogen and oxygen atoms in total. The summed E-state index contributed by atoms with van der Waals surface area (Å²) in [5, 5.41) is 8.67. The maximum atomic E-state index is 12.9. The van der Waals surface area contributed by atoms with Crippen LogP contribution < -0.4 is 0 Å². The second-order valence-corrected chi connectivity index (χ2v) is 9.74. The van der Waals surface area contributed by atoms with E-state index in [1.165, 1.54) is 19.1 Å². The molecule has 1 N–H and O–H groups in total. The number of carbonyl (C=O) groups is 3. The molecule has 0 aliphatic carbocycles. The fourth-order valence-electron chi connectivity index (χ4n) is 3.52. The number of hydrogen-bond donors (Lipinski definition) is 1. The monoisotopic (exact) mass is 471 g/mol. The number of ether oxygens (including phenoxy) is 2. The molecule has 1 heterocycles. The highest BCUT2D eigenvalue weighted by Gasteiger charge is 2.42. The highest BCUT2D eigenvalue weighted by molar-refractivity contribution is 7.53. The fourth-order valence-corrected chi connectivity index (χ4v) is 4.84. The van der Waals surface area contributed by atoms with Gasteiger partial charge in [-0.2, -0.15) is 0 Å². The maximum absolute atomic E-state index is 12.9. The van der Waals surface area contributed by atoms with Crippen LogP contribution in [0.2, 0.25) is 0 Å². The van der Waals surface area contributed by atoms with Crippen LogP contribution >= 0.6 is 7.60 Å². The lowest BCUT2D eigenvalue weighted by molar-refractivity contribution is -0.145. The zero-order valence-electron chi connectivity index (χ0n) is 18.3. The van der Waals surface area contributed by atoms with Crippen LogP contribution in [0.1, 0.15) is 37.7 Å². The SMILES string of the molecule is COP(=O)(C[C@H]1CC[C@@H](COC(=O)CCCC(=O)O)N1C(=O)OCc1ccccc1)OC. The first-order valence-electron chi connectivity index (χ1n) is 10.3. The molecule has 32 heavy (non-hydrogen) atoms. The van der Waals surface area contributed by atoms with Gasteiger partial charge in [0.25, 0.3) is 0 Å². The van der Waals surface area contributed by atoms with Crippen LogP contribution in [0.15, 0.2) is 30.3 Å². The van der Waals surface area contributed by atoms with Gasteiger partial charge in [-0.05, 0) is 24.8 Å². The number of carboxylic acids is 1. The van der Waals surface area contributed by atoms with Crippen molar-refractivity contribution in [1.82, 2.24) is 4.90 Å². The van der Waals surface area contributed by atoms with Crippen molar-refractivity contribution in [2.45, 2.75) is 50.8 Å². The summed E-state index contributed by atoms with van der Waals surface area (Å²) in [6, 6.07) is 8.25. The number of amides is 1. The van der Waals surface area contributed by atoms with Gasteiger partial charge < -0.3 is 23.6 Å². The molecule has 2 atom stereocenters. The highest BCUT2D eigenvalue weighted by Crippen LogP contribution is 2.49. The molecule has 2 rings (SSSR count). The summed E-state index contributed by atoms with van der Waals surface area (Å²) in [4.78, 5) is 36.9. The highest BCUT2D eigenvalue weighted by atomic mass is 31.2. The summed E-state index contributed by atoms with van der Waals surface area (Å²) in [5.74, 6) is -1.52. The Labute approximate surface area is 187 Å². The van der Waals surface area contributed by atoms with Crippen LogP contribution in [0.3, 0.4) is 0 Å². The number of carbonyl (C=O) groups excluding carboxylic acids is 2. The lowest BCUT2D eigenvalue weighted by Crippen LogP contribution is -2.45. The van der Waals surface area contributed by atoms with Crippen molar-refractivity contribution < 1.29 is 42.6 Å². The molecule has 0 unspecified atom stereocenters. The lowest BCUT2D eigenvalue weighted by Gasteiger charge is -2.30. The standard InChI is InChI=1S/C21H30NO9P/c1-28-32(27,29-2)15-18-12-11-17(14-30-20(25)10-6-9-19(23)24)22(18)21(26)31-13-16-7-4-3-5-8-16/h3-5,7-8,17-18H,6,9-15H2,1-2H3,(H,23,24)/t17-,18+/m0/s1. The number of esters is 1. The first-order chi connectivity index (χ1) is 15.3. The number of benzene rings is 1. The largest absolute Gasteiger partial charge is 0.481 e. The van der Waals surface area contributed by atoms with Gasteiger partial charge in [-0.1, -0.05) is 30.3 Å². The molecule has 1 fully saturated rings. The van der Waals surface area contributed by atoms with Crippen molar-refractivity contribution in [3.8, 4) is 0 Å². The van der Waals surface area contributed by atoms with E-state index in [1.54, 1.807) is 0 Å². The van der Waals surface area contributed by atoms with Crippen LogP contribution in [-0.2, 0) is 39.3 Å². The predicted molar refractivity (Wildman–Crippen MR) is 114 cm³/mol. The van der Waals surface area contributed by atoms with Gasteiger partial charge in [0.1, 0.15) is 13.2 Å². The minimum Gasteiger partial charge on any atom is -0.481 e. The summed E-state index contributed by atoms with van der Waals surface area (Å²) in [6.07, 6.45) is 0.436. The van der Waals surface area contributed by atoms with Crippen molar-refractivity contribution in [3.05, 3.63) is 35.9 Å². The third kappa shape index (κ3) is 7.93. The third-order valence-corrected chi connectivity index (χ3v) is 7.22. The van der Waals surface area contributed by atoms with Gasteiger partial charge >= 0.3 is 25.6 Å². The van der Waals surface area contributed by atoms with E-state index in [4.69, 9.17) is 23.6 Å². The molecule has 0 bridgehead atoms. The summed E-state index contributed by atoms with van der Waals surface area (Å²) in [7, 11) is -0.815. The molecule has 0 aromatic heterocycles. The van der Waals surface area contributed by atoms with Crippen molar-refractivity contribution in [2.75, 3.05) is 27.0 Å². The van der Waals surface area contributed by atoms with Crippen LogP contribution in [0, 0.1) is 0 Å². The molecule has 1 amide bonds. The van der Waals surface area contributed by atoms with E-state index in [0.29, 0.717) is 12.8 Å². The van der Waals surface area contributed by atoms with Crippen molar-refractivity contribution in [2.24, 2.45) is 0 Å². The molecule has 178 valence electrons. The Bertz CT molecular complexity index is 809. The molecule has 1 aromatic carbocycles. The first-order valence-corrected chi connectivity index (χ1v) is 12.1. The minimum absolute atomic E-state index is 0.0104. The Balaban J connectivity index is 2.02. The molecule has 0 spiro atoms. The zero-order valence-corrected chi connectivity index (χ0v) is 19.2. The van der Waals surface area contributed by atoms with Crippen LogP contribution in [0.25, 0.3) is 0 Å². The second-order valence-electron chi connectivity index (χ2n) is 7.42. The normalized spacial score (nSPS) is 18.4. The first kappa shape index (κ1) is 25.8. The van der Waals surface area contributed by atoms with Crippen molar-refractivity contribution in [1.29, 1.82) is 0 Å². The zero-order chi connectivity index (χ0) is 23.6. The Kier molecular flexibility index (Phi) is 10.2. The van der Waals surface area contributed by atoms with E-state index in [0.717, 1.165) is 5.56 Å². The Hall–Kier alpha value is -2.42. The predicted octanol–water partition coefficient (Wildman–Crippen LogP) is 3.44. The van der Waals surface area contributed by atoms with Crippen molar-refractivity contribution in [3.63, 3.8) is 0 Å². The van der Waals surface area contributed by atoms with E-state index in [9.17, 15) is 18.9 Å². The topological polar surface area (TPSA) is 129 Å². The van der Waals surface area contributed by atoms with Gasteiger partial charge in [-0.3, -0.25) is 19.1 Å². The number of nitrogens with zero attached hydrogens (tertiary/aromatic N) is 1. The van der Waals surface area contributed by atoms with Crippen LogP contribution in [0.4, 0.5) is 4.79 Å². The van der Waals surface area contributed by atoms with Crippen molar-refractivity contribution >= 4 is 25.6 Å². The Morgan fingerprint density at radius 1 is 1.03 bits per heavy atom. The molecular weight excluding hydrogens is 441 g/mol. The molecule has 11 heteroatoms. The number of carboxylic acid groups (broad SMARTS) is 1. The van der Waals surface area contributed by atoms with Gasteiger partial charge in [-0.15, -0.1) is 0 Å². The maximum Gasteiger partial charge on any atom is 0.410 e. The number of likely N-dealkylation sites (tertiary alicyclic amines) is 1. The van der Waals surface area contributed by atoms with E-state index < -0.39 is 37.7 Å². The van der Waals surface area contributed by atoms with Gasteiger partial charge in [0.2, 0.25) is 0 Å². The quantitative estimate of drug-likeness (QED) is 0.360. The van der Waals surface area contributed by atoms with E-state index >= 15 is 0 Å². The van der Waals surface area contributed by atoms with Gasteiger partial charge in [0.15, 0.2) is 0 Å². The average molecular weight is 471 g/mol. The molecule has 1 saturated heterocycles. The van der Waals surface area contributed by atoms with E-state index in [1.807, 2.05) is 30.3 Å². The smallest absolute Gasteiger partial charge is 0.410 e. The third-order valence-electron chi connectivity index (χ3n) is 5.23. The number of hydrogen-bond acceptors (Lipinski definition) is 8. The Morgan fingerprint density at radius 3 is 2.31 bits per heavy atom. The van der Waals surface area contributed by atoms with Crippen LogP contribution in [0.5, 0.6) is 0 Å². The van der Waals surface area contributed by atoms with Gasteiger partial charge in [0.05, 0.1) is 12.2 Å². The van der Waals surface area contributed by atoms with Gasteiger partial charge in [-0.25, -0.2) is 4.79 Å². The molecular formula is C21H30NO9P. The minimum atomic E-state index is -3.39. The molecule has 0 saturated carbocycles. The number of rotatable bonds is 12. The fraction of sp³-hybridized carbons (Fsp3) is 0.571. The second kappa shape index (κ2) is 12.6. The van der Waals surface area contributed by atoms with Gasteiger partial charge in [0, 0.05) is 33.1 Å². The van der Waals surface area contributed by atoms with E-state index in [2.05, 4.69) is 0 Å². The average Bonchev–Trinajstić information content (AvgIpc) is 3.18.